The number of nitrogens with one attached hydrogen (secondary N) is 2. The van der Waals surface area contributed by atoms with Crippen LogP contribution in [0.3, 0.4) is 0 Å². The van der Waals surface area contributed by atoms with Gasteiger partial charge in [0.25, 0.3) is 17.5 Å². The van der Waals surface area contributed by atoms with E-state index < -0.39 is 22.8 Å². The molecule has 9 nitrogen and oxygen atoms in total. The fourth-order valence-corrected chi connectivity index (χ4v) is 3.81. The molecule has 1 heterocycles. The predicted molar refractivity (Wildman–Crippen MR) is 134 cm³/mol. The van der Waals surface area contributed by atoms with E-state index in [1.165, 1.54) is 30.5 Å². The van der Waals surface area contributed by atoms with Gasteiger partial charge in [-0.25, -0.2) is 5.43 Å². The summed E-state index contributed by atoms with van der Waals surface area (Å²) in [7, 11) is 0. The lowest BCUT2D eigenvalue weighted by Gasteiger charge is -2.20. The molecule has 0 aliphatic heterocycles. The van der Waals surface area contributed by atoms with E-state index in [4.69, 9.17) is 27.6 Å². The zero-order chi connectivity index (χ0) is 25.7. The molecule has 0 bridgehead atoms. The number of halogens is 2. The number of nitro benzene ring substituents is 1. The van der Waals surface area contributed by atoms with Gasteiger partial charge in [-0.15, -0.1) is 0 Å². The molecule has 2 aromatic carbocycles. The molecular formula is C24H22Cl2N4O5. The Balaban J connectivity index is 1.68. The summed E-state index contributed by atoms with van der Waals surface area (Å²) in [6, 6.07) is 11.6. The van der Waals surface area contributed by atoms with Crippen LogP contribution in [0.15, 0.2) is 58.0 Å². The number of hydrazone groups is 1. The molecule has 0 saturated heterocycles. The van der Waals surface area contributed by atoms with Gasteiger partial charge in [-0.3, -0.25) is 19.7 Å². The summed E-state index contributed by atoms with van der Waals surface area (Å²) in [5, 5.41) is 18.3. The number of nitrogens with zero attached hydrogens (tertiary/aromatic N) is 2. The topological polar surface area (TPSA) is 127 Å². The van der Waals surface area contributed by atoms with Crippen molar-refractivity contribution in [3.8, 4) is 11.3 Å². The van der Waals surface area contributed by atoms with Gasteiger partial charge in [0.15, 0.2) is 0 Å². The number of rotatable bonds is 8. The molecule has 11 heteroatoms. The van der Waals surface area contributed by atoms with Gasteiger partial charge in [-0.1, -0.05) is 49.2 Å². The average molecular weight is 517 g/mol. The molecule has 2 N–H and O–H groups in total. The number of benzene rings is 2. The first kappa shape index (κ1) is 25.9. The highest BCUT2D eigenvalue weighted by molar-refractivity contribution is 6.36. The van der Waals surface area contributed by atoms with Crippen molar-refractivity contribution in [2.45, 2.75) is 26.8 Å². The summed E-state index contributed by atoms with van der Waals surface area (Å²) >= 11 is 12.0. The van der Waals surface area contributed by atoms with Gasteiger partial charge >= 0.3 is 0 Å². The molecule has 35 heavy (non-hydrogen) atoms. The highest BCUT2D eigenvalue weighted by Gasteiger charge is 2.25. The second-order valence-electron chi connectivity index (χ2n) is 7.96. The van der Waals surface area contributed by atoms with E-state index in [0.29, 0.717) is 27.7 Å². The Hall–Kier alpha value is -3.69. The third-order valence-electron chi connectivity index (χ3n) is 5.17. The van der Waals surface area contributed by atoms with E-state index in [9.17, 15) is 19.7 Å². The van der Waals surface area contributed by atoms with Crippen LogP contribution >= 0.6 is 23.2 Å². The molecule has 0 aliphatic carbocycles. The Morgan fingerprint density at radius 1 is 1.14 bits per heavy atom. The van der Waals surface area contributed by atoms with Crippen LogP contribution in [0.1, 0.15) is 35.5 Å². The van der Waals surface area contributed by atoms with Crippen molar-refractivity contribution in [1.29, 1.82) is 0 Å². The Bertz CT molecular complexity index is 1300. The first-order chi connectivity index (χ1) is 16.6. The number of carbonyl (C=O) groups excluding carboxylic acids is 2. The summed E-state index contributed by atoms with van der Waals surface area (Å²) in [6.07, 6.45) is 1.29. The average Bonchev–Trinajstić information content (AvgIpc) is 3.25. The van der Waals surface area contributed by atoms with Gasteiger partial charge in [0, 0.05) is 22.2 Å². The molecule has 0 radical (unpaired) electrons. The Morgan fingerprint density at radius 3 is 2.54 bits per heavy atom. The van der Waals surface area contributed by atoms with Gasteiger partial charge in [0.05, 0.1) is 21.7 Å². The number of hydrogen-bond donors (Lipinski definition) is 2. The van der Waals surface area contributed by atoms with Crippen molar-refractivity contribution < 1.29 is 18.9 Å². The van der Waals surface area contributed by atoms with Crippen LogP contribution in [0, 0.1) is 23.0 Å². The highest BCUT2D eigenvalue weighted by Crippen LogP contribution is 2.30. The molecule has 1 atom stereocenters. The maximum atomic E-state index is 12.7. The summed E-state index contributed by atoms with van der Waals surface area (Å²) in [5.41, 5.74) is 3.62. The lowest BCUT2D eigenvalue weighted by atomic mass is 10.0. The SMILES string of the molecule is Cc1c(-c2ccc(/C=N\NC(=O)[C@@H](NC(=O)c3ccc(Cl)cc3Cl)C(C)C)o2)cccc1[N+](=O)[O-]. The van der Waals surface area contributed by atoms with E-state index in [1.807, 2.05) is 0 Å². The van der Waals surface area contributed by atoms with Gasteiger partial charge < -0.3 is 9.73 Å². The molecule has 3 rings (SSSR count). The molecule has 0 spiro atoms. The molecule has 182 valence electrons. The Morgan fingerprint density at radius 2 is 1.89 bits per heavy atom. The number of amides is 2. The molecule has 3 aromatic rings. The lowest BCUT2D eigenvalue weighted by Crippen LogP contribution is -2.48. The van der Waals surface area contributed by atoms with Gasteiger partial charge in [0.2, 0.25) is 0 Å². The Labute approximate surface area is 211 Å². The molecule has 0 aliphatic rings. The first-order valence-corrected chi connectivity index (χ1v) is 11.3. The number of nitro groups is 1. The zero-order valence-electron chi connectivity index (χ0n) is 19.0. The fraction of sp³-hybridized carbons (Fsp3) is 0.208. The van der Waals surface area contributed by atoms with Crippen LogP contribution < -0.4 is 10.7 Å². The fourth-order valence-electron chi connectivity index (χ4n) is 3.31. The minimum atomic E-state index is -0.883. The summed E-state index contributed by atoms with van der Waals surface area (Å²) in [4.78, 5) is 36.0. The van der Waals surface area contributed by atoms with Gasteiger partial charge in [-0.2, -0.15) is 5.10 Å². The van der Waals surface area contributed by atoms with Crippen LogP contribution in [-0.2, 0) is 4.79 Å². The molecule has 0 fully saturated rings. The first-order valence-electron chi connectivity index (χ1n) is 10.5. The second kappa shape index (κ2) is 11.2. The molecule has 0 unspecified atom stereocenters. The quantitative estimate of drug-likeness (QED) is 0.236. The minimum absolute atomic E-state index is 0.0111. The Kier molecular flexibility index (Phi) is 8.26. The monoisotopic (exact) mass is 516 g/mol. The zero-order valence-corrected chi connectivity index (χ0v) is 20.6. The minimum Gasteiger partial charge on any atom is -0.455 e. The molecule has 0 saturated carbocycles. The van der Waals surface area contributed by atoms with E-state index in [0.717, 1.165) is 0 Å². The van der Waals surface area contributed by atoms with Crippen molar-refractivity contribution in [3.05, 3.63) is 85.6 Å². The van der Waals surface area contributed by atoms with Gasteiger partial charge in [-0.05, 0) is 43.2 Å². The van der Waals surface area contributed by atoms with Crippen LogP contribution in [0.4, 0.5) is 5.69 Å². The number of carbonyl (C=O) groups is 2. The van der Waals surface area contributed by atoms with Gasteiger partial charge in [0.1, 0.15) is 17.6 Å². The lowest BCUT2D eigenvalue weighted by molar-refractivity contribution is -0.385. The summed E-state index contributed by atoms with van der Waals surface area (Å²) < 4.78 is 5.70. The van der Waals surface area contributed by atoms with E-state index in [2.05, 4.69) is 15.8 Å². The summed E-state index contributed by atoms with van der Waals surface area (Å²) in [5.74, 6) is -0.550. The molecule has 2 amide bonds. The van der Waals surface area contributed by atoms with Crippen molar-refractivity contribution in [1.82, 2.24) is 10.7 Å². The van der Waals surface area contributed by atoms with E-state index in [-0.39, 0.29) is 22.2 Å². The van der Waals surface area contributed by atoms with E-state index in [1.54, 1.807) is 45.0 Å². The number of hydrogen-bond acceptors (Lipinski definition) is 6. The molecular weight excluding hydrogens is 495 g/mol. The van der Waals surface area contributed by atoms with Crippen LogP contribution in [0.5, 0.6) is 0 Å². The largest absolute Gasteiger partial charge is 0.455 e. The van der Waals surface area contributed by atoms with Crippen LogP contribution in [0.25, 0.3) is 11.3 Å². The second-order valence-corrected chi connectivity index (χ2v) is 8.81. The number of furan rings is 1. The summed E-state index contributed by atoms with van der Waals surface area (Å²) in [6.45, 7) is 5.19. The third-order valence-corrected chi connectivity index (χ3v) is 5.72. The van der Waals surface area contributed by atoms with E-state index >= 15 is 0 Å². The van der Waals surface area contributed by atoms with Crippen LogP contribution in [0.2, 0.25) is 10.0 Å². The maximum Gasteiger partial charge on any atom is 0.273 e. The van der Waals surface area contributed by atoms with Crippen LogP contribution in [-0.4, -0.2) is 29.0 Å². The predicted octanol–water partition coefficient (Wildman–Crippen LogP) is 5.37. The van der Waals surface area contributed by atoms with Crippen molar-refractivity contribution in [2.75, 3.05) is 0 Å². The maximum absolute atomic E-state index is 12.7. The van der Waals surface area contributed by atoms with Crippen molar-refractivity contribution in [3.63, 3.8) is 0 Å². The molecule has 1 aromatic heterocycles. The smallest absolute Gasteiger partial charge is 0.273 e. The normalized spacial score (nSPS) is 12.1. The third kappa shape index (κ3) is 6.26. The standard InChI is InChI=1S/C24H22Cl2N4O5/c1-13(2)22(28-23(31)18-9-7-15(25)11-19(18)26)24(32)29-27-12-16-8-10-21(35-16)17-5-4-6-20(14(17)3)30(33)34/h4-13,22H,1-3H3,(H,28,31)(H,29,32)/b27-12-/t22-/m0/s1. The van der Waals surface area contributed by atoms with Crippen molar-refractivity contribution in [2.24, 2.45) is 11.0 Å². The highest BCUT2D eigenvalue weighted by atomic mass is 35.5. The van der Waals surface area contributed by atoms with Crippen molar-refractivity contribution >= 4 is 46.9 Å².